The average Bonchev–Trinajstić information content (AvgIpc) is 1.87. The predicted octanol–water partition coefficient (Wildman–Crippen LogP) is 2.37. The Morgan fingerprint density at radius 3 is 2.27 bits per heavy atom. The Morgan fingerprint density at radius 1 is 1.36 bits per heavy atom. The summed E-state index contributed by atoms with van der Waals surface area (Å²) in [6, 6.07) is 0. The molecule has 0 N–H and O–H groups in total. The normalized spacial score (nSPS) is 13.2. The number of rotatable bonds is 4. The summed E-state index contributed by atoms with van der Waals surface area (Å²) in [4.78, 5) is 11.0. The van der Waals surface area contributed by atoms with Gasteiger partial charge in [-0.25, -0.2) is 0 Å². The van der Waals surface area contributed by atoms with Crippen molar-refractivity contribution in [3.63, 3.8) is 0 Å². The van der Waals surface area contributed by atoms with E-state index in [1.165, 1.54) is 0 Å². The first kappa shape index (κ1) is 10.5. The van der Waals surface area contributed by atoms with Gasteiger partial charge in [0.1, 0.15) is 0 Å². The van der Waals surface area contributed by atoms with Crippen LogP contribution in [0.15, 0.2) is 0 Å². The van der Waals surface area contributed by atoms with Crippen LogP contribution < -0.4 is 0 Å². The van der Waals surface area contributed by atoms with Crippen molar-refractivity contribution in [1.29, 1.82) is 0 Å². The molecule has 0 rings (SSSR count). The van der Waals surface area contributed by atoms with Crippen LogP contribution >= 0.6 is 0 Å². The molecule has 0 aromatic rings. The minimum Gasteiger partial charge on any atom is -0.462 e. The van der Waals surface area contributed by atoms with Crippen LogP contribution in [-0.4, -0.2) is 12.1 Å². The van der Waals surface area contributed by atoms with Gasteiger partial charge in [0.25, 0.3) is 0 Å². The van der Waals surface area contributed by atoms with Crippen molar-refractivity contribution in [2.45, 2.75) is 46.6 Å². The number of carbonyl (C=O) groups excluding carboxylic acids is 1. The molecule has 0 aliphatic heterocycles. The Bertz CT molecular complexity index is 119. The van der Waals surface area contributed by atoms with Gasteiger partial charge >= 0.3 is 5.97 Å². The van der Waals surface area contributed by atoms with Crippen LogP contribution in [0.5, 0.6) is 0 Å². The van der Waals surface area contributed by atoms with Gasteiger partial charge in [0.05, 0.1) is 12.0 Å². The maximum absolute atomic E-state index is 11.0. The van der Waals surface area contributed by atoms with E-state index >= 15 is 0 Å². The van der Waals surface area contributed by atoms with Crippen molar-refractivity contribution >= 4 is 5.97 Å². The van der Waals surface area contributed by atoms with E-state index in [0.717, 1.165) is 12.8 Å². The van der Waals surface area contributed by atoms with E-state index in [9.17, 15) is 4.79 Å². The zero-order valence-electron chi connectivity index (χ0n) is 7.89. The molecule has 2 nitrogen and oxygen atoms in total. The van der Waals surface area contributed by atoms with E-state index in [2.05, 4.69) is 6.92 Å². The van der Waals surface area contributed by atoms with E-state index in [-0.39, 0.29) is 18.0 Å². The third kappa shape index (κ3) is 4.82. The molecule has 0 fully saturated rings. The molecule has 0 radical (unpaired) electrons. The van der Waals surface area contributed by atoms with E-state index < -0.39 is 0 Å². The Kier molecular flexibility index (Phi) is 4.92. The van der Waals surface area contributed by atoms with Crippen molar-refractivity contribution in [2.75, 3.05) is 0 Å². The molecular formula is C9H18O2. The van der Waals surface area contributed by atoms with E-state index in [1.807, 2.05) is 20.8 Å². The molecule has 1 atom stereocenters. The fraction of sp³-hybridized carbons (Fsp3) is 0.889. The second-order valence-corrected chi connectivity index (χ2v) is 3.19. The molecule has 66 valence electrons. The largest absolute Gasteiger partial charge is 0.462 e. The molecule has 0 saturated heterocycles. The molecule has 0 aliphatic carbocycles. The standard InChI is InChI=1S/C9H18O2/c1-5-6-8(4)11-9(10)7(2)3/h7-8H,5-6H2,1-4H3/t8-/m0/s1. The third-order valence-electron chi connectivity index (χ3n) is 1.48. The van der Waals surface area contributed by atoms with Gasteiger partial charge < -0.3 is 4.74 Å². The SMILES string of the molecule is CCC[C@H](C)OC(=O)C(C)C. The van der Waals surface area contributed by atoms with Crippen LogP contribution in [0.25, 0.3) is 0 Å². The summed E-state index contributed by atoms with van der Waals surface area (Å²) in [7, 11) is 0. The Balaban J connectivity index is 3.57. The Hall–Kier alpha value is -0.530. The topological polar surface area (TPSA) is 26.3 Å². The highest BCUT2D eigenvalue weighted by Gasteiger charge is 2.11. The first-order valence-corrected chi connectivity index (χ1v) is 4.28. The van der Waals surface area contributed by atoms with Crippen LogP contribution in [0.1, 0.15) is 40.5 Å². The number of carbonyl (C=O) groups is 1. The lowest BCUT2D eigenvalue weighted by Gasteiger charge is -2.13. The van der Waals surface area contributed by atoms with Crippen LogP contribution in [-0.2, 0) is 9.53 Å². The number of hydrogen-bond acceptors (Lipinski definition) is 2. The van der Waals surface area contributed by atoms with E-state index in [1.54, 1.807) is 0 Å². The number of ether oxygens (including phenoxy) is 1. The summed E-state index contributed by atoms with van der Waals surface area (Å²) in [6.45, 7) is 7.71. The molecule has 0 unspecified atom stereocenters. The summed E-state index contributed by atoms with van der Waals surface area (Å²) in [5.74, 6) is -0.0970. The lowest BCUT2D eigenvalue weighted by Crippen LogP contribution is -2.18. The van der Waals surface area contributed by atoms with Gasteiger partial charge in [0, 0.05) is 0 Å². The van der Waals surface area contributed by atoms with Crippen LogP contribution in [0.4, 0.5) is 0 Å². The van der Waals surface area contributed by atoms with Crippen molar-refractivity contribution < 1.29 is 9.53 Å². The zero-order chi connectivity index (χ0) is 8.85. The van der Waals surface area contributed by atoms with Crippen molar-refractivity contribution in [3.8, 4) is 0 Å². The molecule has 0 saturated carbocycles. The molecule has 0 heterocycles. The van der Waals surface area contributed by atoms with Crippen molar-refractivity contribution in [1.82, 2.24) is 0 Å². The molecule has 0 amide bonds. The summed E-state index contributed by atoms with van der Waals surface area (Å²) < 4.78 is 5.11. The summed E-state index contributed by atoms with van der Waals surface area (Å²) >= 11 is 0. The summed E-state index contributed by atoms with van der Waals surface area (Å²) in [5, 5.41) is 0. The molecule has 0 bridgehead atoms. The summed E-state index contributed by atoms with van der Waals surface area (Å²) in [5.41, 5.74) is 0. The lowest BCUT2D eigenvalue weighted by atomic mass is 10.2. The molecule has 0 spiro atoms. The molecule has 0 aromatic heterocycles. The maximum Gasteiger partial charge on any atom is 0.308 e. The second kappa shape index (κ2) is 5.16. The van der Waals surface area contributed by atoms with Crippen LogP contribution in [0.2, 0.25) is 0 Å². The second-order valence-electron chi connectivity index (χ2n) is 3.19. The molecule has 0 aliphatic rings. The first-order valence-electron chi connectivity index (χ1n) is 4.28. The van der Waals surface area contributed by atoms with E-state index in [4.69, 9.17) is 4.74 Å². The van der Waals surface area contributed by atoms with Gasteiger partial charge in [-0.3, -0.25) is 4.79 Å². The fourth-order valence-electron chi connectivity index (χ4n) is 0.800. The lowest BCUT2D eigenvalue weighted by molar-refractivity contribution is -0.152. The average molecular weight is 158 g/mol. The Labute approximate surface area is 68.9 Å². The summed E-state index contributed by atoms with van der Waals surface area (Å²) in [6.07, 6.45) is 2.10. The van der Waals surface area contributed by atoms with E-state index in [0.29, 0.717) is 0 Å². The quantitative estimate of drug-likeness (QED) is 0.587. The van der Waals surface area contributed by atoms with Crippen molar-refractivity contribution in [2.24, 2.45) is 5.92 Å². The molecule has 0 aromatic carbocycles. The molecule has 2 heteroatoms. The highest BCUT2D eigenvalue weighted by atomic mass is 16.5. The predicted molar refractivity (Wildman–Crippen MR) is 45.3 cm³/mol. The highest BCUT2D eigenvalue weighted by molar-refractivity contribution is 5.71. The van der Waals surface area contributed by atoms with Crippen molar-refractivity contribution in [3.05, 3.63) is 0 Å². The zero-order valence-corrected chi connectivity index (χ0v) is 7.89. The number of hydrogen-bond donors (Lipinski definition) is 0. The van der Waals surface area contributed by atoms with Gasteiger partial charge in [-0.15, -0.1) is 0 Å². The first-order chi connectivity index (χ1) is 5.07. The van der Waals surface area contributed by atoms with Gasteiger partial charge in [-0.2, -0.15) is 0 Å². The van der Waals surface area contributed by atoms with Gasteiger partial charge in [-0.1, -0.05) is 27.2 Å². The highest BCUT2D eigenvalue weighted by Crippen LogP contribution is 2.04. The monoisotopic (exact) mass is 158 g/mol. The van der Waals surface area contributed by atoms with Crippen LogP contribution in [0, 0.1) is 5.92 Å². The molecular weight excluding hydrogens is 140 g/mol. The van der Waals surface area contributed by atoms with Crippen LogP contribution in [0.3, 0.4) is 0 Å². The maximum atomic E-state index is 11.0. The number of esters is 1. The van der Waals surface area contributed by atoms with Gasteiger partial charge in [-0.05, 0) is 13.3 Å². The Morgan fingerprint density at radius 2 is 1.91 bits per heavy atom. The van der Waals surface area contributed by atoms with Gasteiger partial charge in [0.2, 0.25) is 0 Å². The smallest absolute Gasteiger partial charge is 0.308 e. The van der Waals surface area contributed by atoms with Gasteiger partial charge in [0.15, 0.2) is 0 Å². The minimum absolute atomic E-state index is 0.00527. The third-order valence-corrected chi connectivity index (χ3v) is 1.48. The minimum atomic E-state index is -0.0917. The fourth-order valence-corrected chi connectivity index (χ4v) is 0.800. The molecule has 11 heavy (non-hydrogen) atoms.